The molecule has 0 saturated heterocycles. The number of hydrogen-bond donors (Lipinski definition) is 3. The Balaban J connectivity index is 1.52. The van der Waals surface area contributed by atoms with Gasteiger partial charge in [0.2, 0.25) is 5.91 Å². The second-order valence-electron chi connectivity index (χ2n) is 6.66. The number of halogens is 1. The molecular formula is C23H22FN3O2. The van der Waals surface area contributed by atoms with Crippen LogP contribution in [0.2, 0.25) is 0 Å². The molecule has 0 fully saturated rings. The molecule has 0 heterocycles. The number of urea groups is 1. The van der Waals surface area contributed by atoms with Crippen LogP contribution in [0.25, 0.3) is 0 Å². The number of carbonyl (C=O) groups is 2. The topological polar surface area (TPSA) is 70.2 Å². The average Bonchev–Trinajstić information content (AvgIpc) is 2.69. The van der Waals surface area contributed by atoms with E-state index in [0.29, 0.717) is 16.9 Å². The van der Waals surface area contributed by atoms with Crippen molar-refractivity contribution in [2.75, 3.05) is 10.6 Å². The number of benzene rings is 3. The van der Waals surface area contributed by atoms with Crippen LogP contribution >= 0.6 is 0 Å². The Morgan fingerprint density at radius 2 is 1.52 bits per heavy atom. The van der Waals surface area contributed by atoms with Gasteiger partial charge in [0.1, 0.15) is 5.82 Å². The number of hydrogen-bond acceptors (Lipinski definition) is 2. The van der Waals surface area contributed by atoms with Gasteiger partial charge in [0.05, 0.1) is 12.5 Å². The summed E-state index contributed by atoms with van der Waals surface area (Å²) in [6.07, 6.45) is 0.112. The van der Waals surface area contributed by atoms with E-state index in [1.54, 1.807) is 36.4 Å². The summed E-state index contributed by atoms with van der Waals surface area (Å²) < 4.78 is 13.2. The number of para-hydroxylation sites is 1. The van der Waals surface area contributed by atoms with Crippen LogP contribution in [0.3, 0.4) is 0 Å². The SMILES string of the molecule is CC(NC(=O)Cc1cccc(F)c1)c1ccc(NC(=O)Nc2ccccc2)cc1. The van der Waals surface area contributed by atoms with Crippen LogP contribution in [0.5, 0.6) is 0 Å². The van der Waals surface area contributed by atoms with Crippen molar-refractivity contribution in [3.63, 3.8) is 0 Å². The van der Waals surface area contributed by atoms with Crippen molar-refractivity contribution in [2.24, 2.45) is 0 Å². The second kappa shape index (κ2) is 9.50. The summed E-state index contributed by atoms with van der Waals surface area (Å²) in [5.41, 5.74) is 2.86. The van der Waals surface area contributed by atoms with Gasteiger partial charge < -0.3 is 16.0 Å². The molecule has 0 radical (unpaired) electrons. The number of rotatable bonds is 6. The molecular weight excluding hydrogens is 369 g/mol. The van der Waals surface area contributed by atoms with Crippen LogP contribution in [0.1, 0.15) is 24.1 Å². The molecule has 3 amide bonds. The summed E-state index contributed by atoms with van der Waals surface area (Å²) >= 11 is 0. The Morgan fingerprint density at radius 1 is 0.862 bits per heavy atom. The summed E-state index contributed by atoms with van der Waals surface area (Å²) in [4.78, 5) is 24.2. The van der Waals surface area contributed by atoms with Gasteiger partial charge >= 0.3 is 6.03 Å². The molecule has 0 aromatic heterocycles. The van der Waals surface area contributed by atoms with Gasteiger partial charge in [-0.3, -0.25) is 4.79 Å². The number of carbonyl (C=O) groups excluding carboxylic acids is 2. The molecule has 6 heteroatoms. The highest BCUT2D eigenvalue weighted by atomic mass is 19.1. The van der Waals surface area contributed by atoms with Crippen molar-refractivity contribution in [1.29, 1.82) is 0 Å². The zero-order valence-corrected chi connectivity index (χ0v) is 16.0. The van der Waals surface area contributed by atoms with Crippen LogP contribution in [-0.2, 0) is 11.2 Å². The predicted molar refractivity (Wildman–Crippen MR) is 112 cm³/mol. The minimum atomic E-state index is -0.359. The van der Waals surface area contributed by atoms with E-state index >= 15 is 0 Å². The highest BCUT2D eigenvalue weighted by Crippen LogP contribution is 2.17. The Kier molecular flexibility index (Phi) is 6.58. The molecule has 1 atom stereocenters. The molecule has 3 N–H and O–H groups in total. The number of amides is 3. The van der Waals surface area contributed by atoms with E-state index in [-0.39, 0.29) is 30.2 Å². The molecule has 0 aliphatic heterocycles. The fourth-order valence-corrected chi connectivity index (χ4v) is 2.88. The Morgan fingerprint density at radius 3 is 2.17 bits per heavy atom. The molecule has 148 valence electrons. The van der Waals surface area contributed by atoms with Crippen molar-refractivity contribution in [3.05, 3.63) is 95.8 Å². The van der Waals surface area contributed by atoms with E-state index in [0.717, 1.165) is 5.56 Å². The van der Waals surface area contributed by atoms with Crippen molar-refractivity contribution < 1.29 is 14.0 Å². The van der Waals surface area contributed by atoms with Crippen LogP contribution in [0.4, 0.5) is 20.6 Å². The summed E-state index contributed by atoms with van der Waals surface area (Å²) in [5.74, 6) is -0.546. The summed E-state index contributed by atoms with van der Waals surface area (Å²) in [5, 5.41) is 8.41. The smallest absolute Gasteiger partial charge is 0.323 e. The first kappa shape index (κ1) is 20.1. The van der Waals surface area contributed by atoms with Gasteiger partial charge in [-0.25, -0.2) is 9.18 Å². The first-order chi connectivity index (χ1) is 14.0. The lowest BCUT2D eigenvalue weighted by Crippen LogP contribution is -2.28. The molecule has 0 saturated carbocycles. The van der Waals surface area contributed by atoms with Crippen molar-refractivity contribution in [3.8, 4) is 0 Å². The highest BCUT2D eigenvalue weighted by molar-refractivity contribution is 5.99. The highest BCUT2D eigenvalue weighted by Gasteiger charge is 2.11. The first-order valence-electron chi connectivity index (χ1n) is 9.26. The molecule has 1 unspecified atom stereocenters. The fourth-order valence-electron chi connectivity index (χ4n) is 2.88. The van der Waals surface area contributed by atoms with Gasteiger partial charge in [-0.05, 0) is 54.4 Å². The maximum atomic E-state index is 13.2. The van der Waals surface area contributed by atoms with Crippen LogP contribution in [0.15, 0.2) is 78.9 Å². The summed E-state index contributed by atoms with van der Waals surface area (Å²) in [7, 11) is 0. The van der Waals surface area contributed by atoms with Gasteiger partial charge in [-0.1, -0.05) is 42.5 Å². The summed E-state index contributed by atoms with van der Waals surface area (Å²) in [6.45, 7) is 1.87. The fraction of sp³-hybridized carbons (Fsp3) is 0.130. The van der Waals surface area contributed by atoms with Crippen LogP contribution in [0, 0.1) is 5.82 Å². The second-order valence-corrected chi connectivity index (χ2v) is 6.66. The molecule has 0 bridgehead atoms. The zero-order chi connectivity index (χ0) is 20.6. The minimum Gasteiger partial charge on any atom is -0.349 e. The standard InChI is InChI=1S/C23H22FN3O2/c1-16(25-22(28)15-17-6-5-7-19(24)14-17)18-10-12-21(13-11-18)27-23(29)26-20-8-3-2-4-9-20/h2-14,16H,15H2,1H3,(H,25,28)(H2,26,27,29). The monoisotopic (exact) mass is 391 g/mol. The summed E-state index contributed by atoms with van der Waals surface area (Å²) in [6, 6.07) is 21.8. The van der Waals surface area contributed by atoms with Crippen molar-refractivity contribution in [1.82, 2.24) is 5.32 Å². The van der Waals surface area contributed by atoms with E-state index in [1.165, 1.54) is 12.1 Å². The number of nitrogens with one attached hydrogen (secondary N) is 3. The van der Waals surface area contributed by atoms with E-state index in [2.05, 4.69) is 16.0 Å². The molecule has 3 aromatic carbocycles. The molecule has 5 nitrogen and oxygen atoms in total. The third kappa shape index (κ3) is 6.17. The van der Waals surface area contributed by atoms with E-state index in [1.807, 2.05) is 37.3 Å². The van der Waals surface area contributed by atoms with Crippen LogP contribution < -0.4 is 16.0 Å². The zero-order valence-electron chi connectivity index (χ0n) is 16.0. The van der Waals surface area contributed by atoms with E-state index < -0.39 is 0 Å². The molecule has 29 heavy (non-hydrogen) atoms. The number of anilines is 2. The third-order valence-corrected chi connectivity index (χ3v) is 4.33. The predicted octanol–water partition coefficient (Wildman–Crippen LogP) is 4.89. The van der Waals surface area contributed by atoms with Gasteiger partial charge in [0.25, 0.3) is 0 Å². The maximum absolute atomic E-state index is 13.2. The third-order valence-electron chi connectivity index (χ3n) is 4.33. The maximum Gasteiger partial charge on any atom is 0.323 e. The van der Waals surface area contributed by atoms with Gasteiger partial charge in [-0.2, -0.15) is 0 Å². The van der Waals surface area contributed by atoms with Gasteiger partial charge in [0, 0.05) is 11.4 Å². The minimum absolute atomic E-state index is 0.112. The normalized spacial score (nSPS) is 11.4. The Labute approximate surface area is 169 Å². The van der Waals surface area contributed by atoms with E-state index in [9.17, 15) is 14.0 Å². The quantitative estimate of drug-likeness (QED) is 0.560. The lowest BCUT2D eigenvalue weighted by molar-refractivity contribution is -0.121. The van der Waals surface area contributed by atoms with Crippen molar-refractivity contribution in [2.45, 2.75) is 19.4 Å². The Bertz CT molecular complexity index is 975. The van der Waals surface area contributed by atoms with Gasteiger partial charge in [0.15, 0.2) is 0 Å². The first-order valence-corrected chi connectivity index (χ1v) is 9.26. The lowest BCUT2D eigenvalue weighted by Gasteiger charge is -2.15. The molecule has 0 aliphatic rings. The lowest BCUT2D eigenvalue weighted by atomic mass is 10.1. The molecule has 0 aliphatic carbocycles. The molecule has 3 aromatic rings. The average molecular weight is 391 g/mol. The molecule has 3 rings (SSSR count). The van der Waals surface area contributed by atoms with Crippen molar-refractivity contribution >= 4 is 23.3 Å². The van der Waals surface area contributed by atoms with E-state index in [4.69, 9.17) is 0 Å². The molecule has 0 spiro atoms. The Hall–Kier alpha value is -3.67. The van der Waals surface area contributed by atoms with Crippen LogP contribution in [-0.4, -0.2) is 11.9 Å². The van der Waals surface area contributed by atoms with Gasteiger partial charge in [-0.15, -0.1) is 0 Å². The largest absolute Gasteiger partial charge is 0.349 e.